The fraction of sp³-hybridized carbons (Fsp3) is 0.385. The predicted molar refractivity (Wildman–Crippen MR) is 73.5 cm³/mol. The first kappa shape index (κ1) is 16.4. The van der Waals surface area contributed by atoms with Crippen LogP contribution >= 0.6 is 0 Å². The molecule has 0 aromatic heterocycles. The molecule has 8 nitrogen and oxygen atoms in total. The SMILES string of the molecule is CCN(CCC(=O)O)C(=O)c1ccc(OC)c([N+](=O)[O-])c1. The fourth-order valence-corrected chi connectivity index (χ4v) is 1.78. The third-order valence-corrected chi connectivity index (χ3v) is 2.89. The molecule has 1 rings (SSSR count). The number of hydrogen-bond acceptors (Lipinski definition) is 5. The molecule has 0 spiro atoms. The lowest BCUT2D eigenvalue weighted by atomic mass is 10.1. The van der Waals surface area contributed by atoms with Gasteiger partial charge < -0.3 is 14.7 Å². The summed E-state index contributed by atoms with van der Waals surface area (Å²) in [5, 5.41) is 19.6. The Morgan fingerprint density at radius 2 is 2.10 bits per heavy atom. The van der Waals surface area contributed by atoms with Crippen LogP contribution in [0.1, 0.15) is 23.7 Å². The first-order valence-corrected chi connectivity index (χ1v) is 6.24. The third-order valence-electron chi connectivity index (χ3n) is 2.89. The number of aliphatic carboxylic acids is 1. The number of nitro groups is 1. The molecule has 0 atom stereocenters. The van der Waals surface area contributed by atoms with Crippen LogP contribution < -0.4 is 4.74 Å². The second-order valence-corrected chi connectivity index (χ2v) is 4.17. The van der Waals surface area contributed by atoms with Gasteiger partial charge in [-0.2, -0.15) is 0 Å². The quantitative estimate of drug-likeness (QED) is 0.603. The van der Waals surface area contributed by atoms with Gasteiger partial charge in [-0.1, -0.05) is 0 Å². The van der Waals surface area contributed by atoms with Crippen molar-refractivity contribution < 1.29 is 24.4 Å². The molecule has 0 unspecified atom stereocenters. The average molecular weight is 296 g/mol. The summed E-state index contributed by atoms with van der Waals surface area (Å²) in [6, 6.07) is 3.89. The Morgan fingerprint density at radius 1 is 1.43 bits per heavy atom. The van der Waals surface area contributed by atoms with Crippen molar-refractivity contribution >= 4 is 17.6 Å². The summed E-state index contributed by atoms with van der Waals surface area (Å²) in [6.07, 6.45) is -0.183. The molecule has 114 valence electrons. The second kappa shape index (κ2) is 7.22. The van der Waals surface area contributed by atoms with Gasteiger partial charge in [0.05, 0.1) is 18.5 Å². The lowest BCUT2D eigenvalue weighted by molar-refractivity contribution is -0.385. The van der Waals surface area contributed by atoms with Gasteiger partial charge in [-0.25, -0.2) is 0 Å². The van der Waals surface area contributed by atoms with Crippen LogP contribution in [0.4, 0.5) is 5.69 Å². The number of carboxylic acids is 1. The number of nitro benzene ring substituents is 1. The normalized spacial score (nSPS) is 10.0. The zero-order valence-electron chi connectivity index (χ0n) is 11.7. The molecule has 0 aliphatic carbocycles. The maximum absolute atomic E-state index is 12.2. The number of amides is 1. The lowest BCUT2D eigenvalue weighted by Gasteiger charge is -2.20. The van der Waals surface area contributed by atoms with Gasteiger partial charge >= 0.3 is 11.7 Å². The van der Waals surface area contributed by atoms with Crippen molar-refractivity contribution in [2.45, 2.75) is 13.3 Å². The molecule has 0 aliphatic rings. The van der Waals surface area contributed by atoms with Crippen molar-refractivity contribution in [1.29, 1.82) is 0 Å². The van der Waals surface area contributed by atoms with E-state index in [2.05, 4.69) is 0 Å². The summed E-state index contributed by atoms with van der Waals surface area (Å²) in [4.78, 5) is 34.4. The van der Waals surface area contributed by atoms with Crippen molar-refractivity contribution in [3.8, 4) is 5.75 Å². The highest BCUT2D eigenvalue weighted by Crippen LogP contribution is 2.28. The summed E-state index contributed by atoms with van der Waals surface area (Å²) < 4.78 is 4.86. The number of benzene rings is 1. The van der Waals surface area contributed by atoms with Gasteiger partial charge in [0.15, 0.2) is 5.75 Å². The smallest absolute Gasteiger partial charge is 0.311 e. The molecule has 21 heavy (non-hydrogen) atoms. The van der Waals surface area contributed by atoms with Gasteiger partial charge in [0.25, 0.3) is 5.91 Å². The topological polar surface area (TPSA) is 110 Å². The molecule has 0 saturated carbocycles. The minimum absolute atomic E-state index is 0.0461. The Balaban J connectivity index is 3.02. The minimum atomic E-state index is -1.01. The maximum Gasteiger partial charge on any atom is 0.311 e. The molecular weight excluding hydrogens is 280 g/mol. The molecule has 0 saturated heterocycles. The number of ether oxygens (including phenoxy) is 1. The zero-order chi connectivity index (χ0) is 16.0. The van der Waals surface area contributed by atoms with Crippen molar-refractivity contribution in [3.63, 3.8) is 0 Å². The molecule has 0 radical (unpaired) electrons. The standard InChI is InChI=1S/C13H16N2O6/c1-3-14(7-6-12(16)17)13(18)9-4-5-11(21-2)10(8-9)15(19)20/h4-5,8H,3,6-7H2,1-2H3,(H,16,17). The number of rotatable bonds is 7. The first-order chi connectivity index (χ1) is 9.90. The van der Waals surface area contributed by atoms with Gasteiger partial charge in [-0.15, -0.1) is 0 Å². The monoisotopic (exact) mass is 296 g/mol. The number of carbonyl (C=O) groups is 2. The van der Waals surface area contributed by atoms with Crippen LogP contribution in [0.3, 0.4) is 0 Å². The molecule has 0 aliphatic heterocycles. The van der Waals surface area contributed by atoms with Crippen LogP contribution in [0.25, 0.3) is 0 Å². The summed E-state index contributed by atoms with van der Waals surface area (Å²) in [5.74, 6) is -1.41. The van der Waals surface area contributed by atoms with Crippen molar-refractivity contribution in [3.05, 3.63) is 33.9 Å². The van der Waals surface area contributed by atoms with E-state index in [0.717, 1.165) is 6.07 Å². The average Bonchev–Trinajstić information content (AvgIpc) is 2.46. The molecule has 1 aromatic carbocycles. The second-order valence-electron chi connectivity index (χ2n) is 4.17. The van der Waals surface area contributed by atoms with E-state index in [4.69, 9.17) is 9.84 Å². The van der Waals surface area contributed by atoms with Gasteiger partial charge in [0.2, 0.25) is 0 Å². The Hall–Kier alpha value is -2.64. The molecule has 0 fully saturated rings. The molecular formula is C13H16N2O6. The maximum atomic E-state index is 12.2. The van der Waals surface area contributed by atoms with Crippen LogP contribution in [0.5, 0.6) is 5.75 Å². The van der Waals surface area contributed by atoms with E-state index in [1.54, 1.807) is 6.92 Å². The van der Waals surface area contributed by atoms with Crippen LogP contribution in [-0.4, -0.2) is 47.0 Å². The van der Waals surface area contributed by atoms with E-state index in [0.29, 0.717) is 6.54 Å². The number of hydrogen-bond donors (Lipinski definition) is 1. The summed E-state index contributed by atoms with van der Waals surface area (Å²) in [5.41, 5.74) is -0.188. The first-order valence-electron chi connectivity index (χ1n) is 6.24. The minimum Gasteiger partial charge on any atom is -0.490 e. The number of carbonyl (C=O) groups excluding carboxylic acids is 1. The van der Waals surface area contributed by atoms with E-state index < -0.39 is 16.8 Å². The van der Waals surface area contributed by atoms with E-state index in [1.165, 1.54) is 24.1 Å². The van der Waals surface area contributed by atoms with Gasteiger partial charge in [-0.05, 0) is 19.1 Å². The number of carboxylic acid groups (broad SMARTS) is 1. The highest BCUT2D eigenvalue weighted by atomic mass is 16.6. The van der Waals surface area contributed by atoms with Gasteiger partial charge in [0, 0.05) is 24.7 Å². The van der Waals surface area contributed by atoms with E-state index in [-0.39, 0.29) is 30.0 Å². The van der Waals surface area contributed by atoms with Crippen LogP contribution in [0, 0.1) is 10.1 Å². The third kappa shape index (κ3) is 4.16. The van der Waals surface area contributed by atoms with Crippen LogP contribution in [0.15, 0.2) is 18.2 Å². The van der Waals surface area contributed by atoms with Gasteiger partial charge in [0.1, 0.15) is 0 Å². The van der Waals surface area contributed by atoms with E-state index in [1.807, 2.05) is 0 Å². The molecule has 0 heterocycles. The molecule has 1 aromatic rings. The highest BCUT2D eigenvalue weighted by Gasteiger charge is 2.21. The fourth-order valence-electron chi connectivity index (χ4n) is 1.78. The largest absolute Gasteiger partial charge is 0.490 e. The lowest BCUT2D eigenvalue weighted by Crippen LogP contribution is -2.32. The van der Waals surface area contributed by atoms with E-state index >= 15 is 0 Å². The Kier molecular flexibility index (Phi) is 5.65. The van der Waals surface area contributed by atoms with Crippen molar-refractivity contribution in [2.24, 2.45) is 0 Å². The summed E-state index contributed by atoms with van der Waals surface area (Å²) >= 11 is 0. The predicted octanol–water partition coefficient (Wildman–Crippen LogP) is 1.54. The van der Waals surface area contributed by atoms with Gasteiger partial charge in [-0.3, -0.25) is 19.7 Å². The van der Waals surface area contributed by atoms with Crippen molar-refractivity contribution in [2.75, 3.05) is 20.2 Å². The van der Waals surface area contributed by atoms with E-state index in [9.17, 15) is 19.7 Å². The molecule has 1 N–H and O–H groups in total. The Morgan fingerprint density at radius 3 is 2.57 bits per heavy atom. The summed E-state index contributed by atoms with van der Waals surface area (Å²) in [7, 11) is 1.30. The Labute approximate surface area is 121 Å². The number of methoxy groups -OCH3 is 1. The molecule has 1 amide bonds. The zero-order valence-corrected chi connectivity index (χ0v) is 11.7. The summed E-state index contributed by atoms with van der Waals surface area (Å²) in [6.45, 7) is 2.06. The molecule has 0 bridgehead atoms. The Bertz CT molecular complexity index is 558. The van der Waals surface area contributed by atoms with Crippen LogP contribution in [-0.2, 0) is 4.79 Å². The highest BCUT2D eigenvalue weighted by molar-refractivity contribution is 5.95. The van der Waals surface area contributed by atoms with Crippen molar-refractivity contribution in [1.82, 2.24) is 4.90 Å². The molecule has 8 heteroatoms. The van der Waals surface area contributed by atoms with Crippen LogP contribution in [0.2, 0.25) is 0 Å². The number of nitrogens with zero attached hydrogens (tertiary/aromatic N) is 2.